The van der Waals surface area contributed by atoms with Gasteiger partial charge in [0.05, 0.1) is 17.1 Å². The minimum absolute atomic E-state index is 0.155. The Labute approximate surface area is 226 Å². The smallest absolute Gasteiger partial charge is 0.269 e. The summed E-state index contributed by atoms with van der Waals surface area (Å²) in [5.74, 6) is 1.25. The van der Waals surface area contributed by atoms with E-state index in [9.17, 15) is 13.2 Å². The molecule has 0 spiro atoms. The number of aryl methyl sites for hydroxylation is 1. The number of carbonyl (C=O) groups excluding carboxylic acids is 1. The third kappa shape index (κ3) is 6.27. The fraction of sp³-hybridized carbons (Fsp3) is 0.423. The van der Waals surface area contributed by atoms with Crippen LogP contribution in [0, 0.1) is 12.8 Å². The Morgan fingerprint density at radius 3 is 2.54 bits per heavy atom. The molecule has 1 amide bonds. The van der Waals surface area contributed by atoms with Crippen molar-refractivity contribution in [3.8, 4) is 5.75 Å². The van der Waals surface area contributed by atoms with E-state index < -0.39 is 22.0 Å². The van der Waals surface area contributed by atoms with Crippen LogP contribution in [0.5, 0.6) is 5.75 Å². The van der Waals surface area contributed by atoms with Gasteiger partial charge in [0.1, 0.15) is 5.75 Å². The summed E-state index contributed by atoms with van der Waals surface area (Å²) in [7, 11) is -3.96. The monoisotopic (exact) mass is 560 g/mol. The summed E-state index contributed by atoms with van der Waals surface area (Å²) in [5, 5.41) is 11.3. The quantitative estimate of drug-likeness (QED) is 0.301. The standard InChI is InChI=1S/C26H32N4O4S3/c1-16(2)15-35-25-29-28-24(36-25)27-23(31)22-14-30(37(32,33)19-10-7-17(3)8-11-19)20-13-18(26(4,5)6)9-12-21(20)34-22/h7-13,16,22H,14-15H2,1-6H3,(H,27,28,31)/t22-/m1/s1. The van der Waals surface area contributed by atoms with Crippen molar-refractivity contribution in [1.82, 2.24) is 10.2 Å². The Hall–Kier alpha value is -2.63. The van der Waals surface area contributed by atoms with E-state index in [1.807, 2.05) is 19.1 Å². The lowest BCUT2D eigenvalue weighted by atomic mass is 9.86. The van der Waals surface area contributed by atoms with Crippen LogP contribution in [0.4, 0.5) is 10.8 Å². The molecule has 3 aromatic rings. The molecule has 0 unspecified atom stereocenters. The molecule has 1 atom stereocenters. The van der Waals surface area contributed by atoms with Crippen molar-refractivity contribution in [3.63, 3.8) is 0 Å². The van der Waals surface area contributed by atoms with E-state index in [1.165, 1.54) is 15.6 Å². The highest BCUT2D eigenvalue weighted by atomic mass is 32.2. The summed E-state index contributed by atoms with van der Waals surface area (Å²) in [6.45, 7) is 12.1. The number of hydrogen-bond acceptors (Lipinski definition) is 8. The van der Waals surface area contributed by atoms with E-state index in [2.05, 4.69) is 50.1 Å². The molecule has 0 fully saturated rings. The predicted octanol–water partition coefficient (Wildman–Crippen LogP) is 5.49. The van der Waals surface area contributed by atoms with Crippen LogP contribution < -0.4 is 14.4 Å². The first kappa shape index (κ1) is 27.4. The van der Waals surface area contributed by atoms with Crippen LogP contribution in [-0.2, 0) is 20.2 Å². The van der Waals surface area contributed by atoms with Gasteiger partial charge in [0.25, 0.3) is 15.9 Å². The highest BCUT2D eigenvalue weighted by Gasteiger charge is 2.38. The van der Waals surface area contributed by atoms with Crippen molar-refractivity contribution in [2.75, 3.05) is 21.9 Å². The van der Waals surface area contributed by atoms with Gasteiger partial charge in [-0.1, -0.05) is 81.5 Å². The number of anilines is 2. The SMILES string of the molecule is Cc1ccc(S(=O)(=O)N2C[C@H](C(=O)Nc3nnc(SCC(C)C)s3)Oc3ccc(C(C)(C)C)cc32)cc1. The van der Waals surface area contributed by atoms with Gasteiger partial charge < -0.3 is 4.74 Å². The zero-order chi connectivity index (χ0) is 27.0. The molecule has 198 valence electrons. The number of carbonyl (C=O) groups is 1. The van der Waals surface area contributed by atoms with Crippen LogP contribution in [-0.4, -0.2) is 42.9 Å². The lowest BCUT2D eigenvalue weighted by Gasteiger charge is -2.35. The summed E-state index contributed by atoms with van der Waals surface area (Å²) in [6, 6.07) is 12.2. The number of benzene rings is 2. The number of nitrogens with one attached hydrogen (secondary N) is 1. The maximum atomic E-state index is 13.8. The fourth-order valence-electron chi connectivity index (χ4n) is 3.66. The van der Waals surface area contributed by atoms with Crippen LogP contribution in [0.2, 0.25) is 0 Å². The van der Waals surface area contributed by atoms with Crippen molar-refractivity contribution < 1.29 is 17.9 Å². The van der Waals surface area contributed by atoms with Crippen molar-refractivity contribution in [2.45, 2.75) is 62.3 Å². The Morgan fingerprint density at radius 1 is 1.19 bits per heavy atom. The molecule has 0 aliphatic carbocycles. The highest BCUT2D eigenvalue weighted by molar-refractivity contribution is 8.01. The molecular formula is C26H32N4O4S3. The fourth-order valence-corrected chi connectivity index (χ4v) is 6.86. The number of thioether (sulfide) groups is 1. The number of aromatic nitrogens is 2. The molecule has 1 aromatic heterocycles. The topological polar surface area (TPSA) is 101 Å². The third-order valence-electron chi connectivity index (χ3n) is 5.77. The molecule has 1 N–H and O–H groups in total. The van der Waals surface area contributed by atoms with E-state index in [1.54, 1.807) is 42.1 Å². The minimum Gasteiger partial charge on any atom is -0.476 e. The van der Waals surface area contributed by atoms with Crippen LogP contribution in [0.1, 0.15) is 45.7 Å². The normalized spacial score (nSPS) is 15.9. The maximum absolute atomic E-state index is 13.8. The first-order chi connectivity index (χ1) is 17.3. The number of sulfonamides is 1. The largest absolute Gasteiger partial charge is 0.476 e. The van der Waals surface area contributed by atoms with E-state index in [0.29, 0.717) is 22.5 Å². The highest BCUT2D eigenvalue weighted by Crippen LogP contribution is 2.40. The molecule has 11 heteroatoms. The van der Waals surface area contributed by atoms with Gasteiger partial charge in [0, 0.05) is 5.75 Å². The molecule has 8 nitrogen and oxygen atoms in total. The van der Waals surface area contributed by atoms with Crippen LogP contribution in [0.3, 0.4) is 0 Å². The van der Waals surface area contributed by atoms with Gasteiger partial charge in [-0.05, 0) is 48.1 Å². The van der Waals surface area contributed by atoms with Gasteiger partial charge in [-0.15, -0.1) is 10.2 Å². The average molecular weight is 561 g/mol. The van der Waals surface area contributed by atoms with E-state index in [0.717, 1.165) is 21.2 Å². The van der Waals surface area contributed by atoms with E-state index >= 15 is 0 Å². The number of rotatable bonds is 7. The second-order valence-electron chi connectivity index (χ2n) is 10.5. The second-order valence-corrected chi connectivity index (χ2v) is 14.6. The van der Waals surface area contributed by atoms with Crippen molar-refractivity contribution in [2.24, 2.45) is 5.92 Å². The number of amides is 1. The van der Waals surface area contributed by atoms with Crippen molar-refractivity contribution in [1.29, 1.82) is 0 Å². The number of nitrogens with zero attached hydrogens (tertiary/aromatic N) is 3. The third-order valence-corrected chi connectivity index (χ3v) is 9.97. The molecular weight excluding hydrogens is 529 g/mol. The van der Waals surface area contributed by atoms with E-state index in [-0.39, 0.29) is 16.9 Å². The molecule has 4 rings (SSSR count). The van der Waals surface area contributed by atoms with Gasteiger partial charge in [-0.3, -0.25) is 14.4 Å². The van der Waals surface area contributed by atoms with Crippen LogP contribution in [0.15, 0.2) is 51.7 Å². The number of ether oxygens (including phenoxy) is 1. The first-order valence-corrected chi connectivity index (χ1v) is 15.3. The van der Waals surface area contributed by atoms with Gasteiger partial charge >= 0.3 is 0 Å². The van der Waals surface area contributed by atoms with Crippen molar-refractivity contribution >= 4 is 49.8 Å². The molecule has 0 bridgehead atoms. The predicted molar refractivity (Wildman–Crippen MR) is 149 cm³/mol. The van der Waals surface area contributed by atoms with Gasteiger partial charge in [-0.25, -0.2) is 8.42 Å². The first-order valence-electron chi connectivity index (χ1n) is 12.0. The van der Waals surface area contributed by atoms with Crippen molar-refractivity contribution in [3.05, 3.63) is 53.6 Å². The number of hydrogen-bond donors (Lipinski definition) is 1. The van der Waals surface area contributed by atoms with Gasteiger partial charge in [0.15, 0.2) is 10.4 Å². The van der Waals surface area contributed by atoms with Crippen LogP contribution in [0.25, 0.3) is 0 Å². The molecule has 1 aliphatic heterocycles. The summed E-state index contributed by atoms with van der Waals surface area (Å²) in [4.78, 5) is 13.4. The zero-order valence-electron chi connectivity index (χ0n) is 21.8. The molecule has 1 aliphatic rings. The lowest BCUT2D eigenvalue weighted by molar-refractivity contribution is -0.122. The minimum atomic E-state index is -3.96. The molecule has 2 aromatic carbocycles. The zero-order valence-corrected chi connectivity index (χ0v) is 24.3. The molecule has 0 saturated carbocycles. The summed E-state index contributed by atoms with van der Waals surface area (Å²) in [5.41, 5.74) is 2.13. The van der Waals surface area contributed by atoms with E-state index in [4.69, 9.17) is 4.74 Å². The average Bonchev–Trinajstić information content (AvgIpc) is 3.28. The van der Waals surface area contributed by atoms with Gasteiger partial charge in [-0.2, -0.15) is 0 Å². The summed E-state index contributed by atoms with van der Waals surface area (Å²) >= 11 is 2.87. The Morgan fingerprint density at radius 2 is 1.89 bits per heavy atom. The Balaban J connectivity index is 1.65. The second kappa shape index (κ2) is 10.6. The molecule has 2 heterocycles. The van der Waals surface area contributed by atoms with Gasteiger partial charge in [0.2, 0.25) is 5.13 Å². The van der Waals surface area contributed by atoms with Crippen LogP contribution >= 0.6 is 23.1 Å². The molecule has 37 heavy (non-hydrogen) atoms. The lowest BCUT2D eigenvalue weighted by Crippen LogP contribution is -2.49. The maximum Gasteiger partial charge on any atom is 0.269 e. The molecule has 0 radical (unpaired) electrons. The Kier molecular flexibility index (Phi) is 7.87. The Bertz CT molecular complexity index is 1380. The summed E-state index contributed by atoms with van der Waals surface area (Å²) < 4.78 is 35.7. The summed E-state index contributed by atoms with van der Waals surface area (Å²) in [6.07, 6.45) is -1.07. The number of fused-ring (bicyclic) bond motifs is 1. The molecule has 0 saturated heterocycles.